The van der Waals surface area contributed by atoms with Crippen LogP contribution >= 0.6 is 0 Å². The van der Waals surface area contributed by atoms with Crippen LogP contribution in [0.1, 0.15) is 42.6 Å². The quantitative estimate of drug-likeness (QED) is 0.399. The average Bonchev–Trinajstić information content (AvgIpc) is 2.73. The molecule has 1 aromatic carbocycles. The summed E-state index contributed by atoms with van der Waals surface area (Å²) < 4.78 is 10.8. The first-order valence-corrected chi connectivity index (χ1v) is 9.34. The molecule has 0 fully saturated rings. The lowest BCUT2D eigenvalue weighted by Gasteiger charge is -2.30. The highest BCUT2D eigenvalue weighted by atomic mass is 16.6. The first-order chi connectivity index (χ1) is 13.9. The molecule has 0 spiro atoms. The molecule has 0 radical (unpaired) electrons. The molecule has 1 aliphatic heterocycles. The van der Waals surface area contributed by atoms with Crippen LogP contribution in [0, 0.1) is 10.1 Å². The minimum absolute atomic E-state index is 0.0906. The van der Waals surface area contributed by atoms with Crippen LogP contribution in [0.4, 0.5) is 11.6 Å². The van der Waals surface area contributed by atoms with E-state index in [2.05, 4.69) is 4.98 Å². The Bertz CT molecular complexity index is 946. The van der Waals surface area contributed by atoms with E-state index in [1.54, 1.807) is 24.3 Å². The van der Waals surface area contributed by atoms with E-state index in [0.717, 1.165) is 0 Å². The fourth-order valence-electron chi connectivity index (χ4n) is 2.96. The SMILES string of the molecule is CCCOC(=O)c1cccc(CN2C(=O)C(CC)Oc3ccc([N+](=O)[O-])nc32)c1. The number of aromatic nitrogens is 1. The molecule has 29 heavy (non-hydrogen) atoms. The standard InChI is InChI=1S/C20H21N3O6/c1-3-10-28-20(25)14-7-5-6-13(11-14)12-22-18-16(29-15(4-2)19(22)24)8-9-17(21-18)23(26)27/h5-9,11,15H,3-4,10,12H2,1-2H3. The Hall–Kier alpha value is -3.49. The third kappa shape index (κ3) is 4.34. The summed E-state index contributed by atoms with van der Waals surface area (Å²) in [4.78, 5) is 40.8. The second kappa shape index (κ2) is 8.68. The average molecular weight is 399 g/mol. The third-order valence-corrected chi connectivity index (χ3v) is 4.39. The van der Waals surface area contributed by atoms with Crippen LogP contribution in [0.25, 0.3) is 0 Å². The highest BCUT2D eigenvalue weighted by molar-refractivity contribution is 5.99. The van der Waals surface area contributed by atoms with Crippen molar-refractivity contribution < 1.29 is 24.0 Å². The molecule has 0 saturated carbocycles. The number of ether oxygens (including phenoxy) is 2. The summed E-state index contributed by atoms with van der Waals surface area (Å²) in [6.45, 7) is 4.13. The lowest BCUT2D eigenvalue weighted by atomic mass is 10.1. The second-order valence-corrected chi connectivity index (χ2v) is 6.52. The number of carbonyl (C=O) groups is 2. The van der Waals surface area contributed by atoms with E-state index in [4.69, 9.17) is 9.47 Å². The first kappa shape index (κ1) is 20.2. The van der Waals surface area contributed by atoms with Crippen molar-refractivity contribution in [2.24, 2.45) is 0 Å². The summed E-state index contributed by atoms with van der Waals surface area (Å²) >= 11 is 0. The number of anilines is 1. The predicted octanol–water partition coefficient (Wildman–Crippen LogP) is 3.26. The topological polar surface area (TPSA) is 112 Å². The van der Waals surface area contributed by atoms with E-state index in [-0.39, 0.29) is 24.1 Å². The van der Waals surface area contributed by atoms with Crippen molar-refractivity contribution in [1.82, 2.24) is 4.98 Å². The summed E-state index contributed by atoms with van der Waals surface area (Å²) in [7, 11) is 0. The van der Waals surface area contributed by atoms with E-state index >= 15 is 0 Å². The summed E-state index contributed by atoms with van der Waals surface area (Å²) in [5, 5.41) is 11.1. The molecule has 0 saturated heterocycles. The molecule has 0 aliphatic carbocycles. The highest BCUT2D eigenvalue weighted by Crippen LogP contribution is 2.35. The van der Waals surface area contributed by atoms with Crippen LogP contribution < -0.4 is 9.64 Å². The molecule has 0 N–H and O–H groups in total. The van der Waals surface area contributed by atoms with Gasteiger partial charge in [0.25, 0.3) is 11.7 Å². The number of pyridine rings is 1. The number of hydrogen-bond acceptors (Lipinski definition) is 7. The maximum atomic E-state index is 12.9. The Morgan fingerprint density at radius 1 is 1.31 bits per heavy atom. The predicted molar refractivity (Wildman–Crippen MR) is 104 cm³/mol. The Kier molecular flexibility index (Phi) is 6.06. The van der Waals surface area contributed by atoms with E-state index < -0.39 is 17.0 Å². The number of amides is 1. The largest absolute Gasteiger partial charge is 0.474 e. The first-order valence-electron chi connectivity index (χ1n) is 9.34. The Morgan fingerprint density at radius 3 is 2.79 bits per heavy atom. The van der Waals surface area contributed by atoms with E-state index in [9.17, 15) is 19.7 Å². The number of benzene rings is 1. The molecular weight excluding hydrogens is 378 g/mol. The van der Waals surface area contributed by atoms with Crippen molar-refractivity contribution >= 4 is 23.5 Å². The summed E-state index contributed by atoms with van der Waals surface area (Å²) in [5.41, 5.74) is 1.04. The Morgan fingerprint density at radius 2 is 2.10 bits per heavy atom. The van der Waals surface area contributed by atoms with Gasteiger partial charge in [-0.25, -0.2) is 4.79 Å². The fraction of sp³-hybridized carbons (Fsp3) is 0.350. The Balaban J connectivity index is 1.93. The van der Waals surface area contributed by atoms with Gasteiger partial charge >= 0.3 is 11.8 Å². The van der Waals surface area contributed by atoms with Crippen molar-refractivity contribution in [3.63, 3.8) is 0 Å². The van der Waals surface area contributed by atoms with Crippen LogP contribution in [0.2, 0.25) is 0 Å². The zero-order valence-corrected chi connectivity index (χ0v) is 16.2. The number of hydrogen-bond donors (Lipinski definition) is 0. The normalized spacial score (nSPS) is 15.4. The monoisotopic (exact) mass is 399 g/mol. The lowest BCUT2D eigenvalue weighted by Crippen LogP contribution is -2.45. The van der Waals surface area contributed by atoms with E-state index in [1.165, 1.54) is 17.0 Å². The van der Waals surface area contributed by atoms with Crippen LogP contribution in [0.3, 0.4) is 0 Å². The van der Waals surface area contributed by atoms with E-state index in [1.807, 2.05) is 13.8 Å². The van der Waals surface area contributed by atoms with Gasteiger partial charge in [-0.15, -0.1) is 0 Å². The van der Waals surface area contributed by atoms with Crippen LogP contribution in [0.5, 0.6) is 5.75 Å². The number of nitrogens with zero attached hydrogens (tertiary/aromatic N) is 3. The number of carbonyl (C=O) groups excluding carboxylic acids is 2. The van der Waals surface area contributed by atoms with Crippen LogP contribution in [0.15, 0.2) is 36.4 Å². The molecule has 0 bridgehead atoms. The van der Waals surface area contributed by atoms with Gasteiger partial charge in [-0.2, -0.15) is 0 Å². The maximum absolute atomic E-state index is 12.9. The third-order valence-electron chi connectivity index (χ3n) is 4.39. The molecular formula is C20H21N3O6. The molecule has 9 heteroatoms. The van der Waals surface area contributed by atoms with Gasteiger partial charge < -0.3 is 19.6 Å². The molecule has 2 heterocycles. The van der Waals surface area contributed by atoms with Gasteiger partial charge in [0.15, 0.2) is 11.9 Å². The number of fused-ring (bicyclic) bond motifs is 1. The van der Waals surface area contributed by atoms with Gasteiger partial charge in [0.2, 0.25) is 0 Å². The number of rotatable bonds is 7. The lowest BCUT2D eigenvalue weighted by molar-refractivity contribution is -0.389. The smallest absolute Gasteiger partial charge is 0.366 e. The van der Waals surface area contributed by atoms with Crippen molar-refractivity contribution in [1.29, 1.82) is 0 Å². The summed E-state index contributed by atoms with van der Waals surface area (Å²) in [6, 6.07) is 9.41. The van der Waals surface area contributed by atoms with Crippen molar-refractivity contribution in [2.75, 3.05) is 11.5 Å². The number of nitro groups is 1. The highest BCUT2D eigenvalue weighted by Gasteiger charge is 2.38. The van der Waals surface area contributed by atoms with Gasteiger partial charge in [-0.05, 0) is 46.5 Å². The fourth-order valence-corrected chi connectivity index (χ4v) is 2.96. The van der Waals surface area contributed by atoms with Gasteiger partial charge in [-0.1, -0.05) is 26.0 Å². The molecule has 3 rings (SSSR count). The molecule has 1 aliphatic rings. The molecule has 1 amide bonds. The van der Waals surface area contributed by atoms with Crippen LogP contribution in [-0.4, -0.2) is 34.5 Å². The van der Waals surface area contributed by atoms with Gasteiger partial charge in [0.1, 0.15) is 0 Å². The summed E-state index contributed by atoms with van der Waals surface area (Å²) in [6.07, 6.45) is 0.450. The van der Waals surface area contributed by atoms with Crippen LogP contribution in [-0.2, 0) is 16.1 Å². The molecule has 1 atom stereocenters. The molecule has 152 valence electrons. The Labute approximate surface area is 167 Å². The minimum Gasteiger partial charge on any atom is -0.474 e. The second-order valence-electron chi connectivity index (χ2n) is 6.52. The zero-order valence-electron chi connectivity index (χ0n) is 16.2. The molecule has 2 aromatic rings. The molecule has 1 unspecified atom stereocenters. The van der Waals surface area contributed by atoms with Crippen molar-refractivity contribution in [2.45, 2.75) is 39.3 Å². The van der Waals surface area contributed by atoms with Crippen molar-refractivity contribution in [3.8, 4) is 5.75 Å². The number of esters is 1. The van der Waals surface area contributed by atoms with Gasteiger partial charge in [0, 0.05) is 6.07 Å². The molecule has 1 aromatic heterocycles. The van der Waals surface area contributed by atoms with Gasteiger partial charge in [0.05, 0.1) is 18.7 Å². The summed E-state index contributed by atoms with van der Waals surface area (Å²) in [5.74, 6) is -0.764. The molecule has 9 nitrogen and oxygen atoms in total. The zero-order chi connectivity index (χ0) is 21.0. The van der Waals surface area contributed by atoms with Gasteiger partial charge in [-0.3, -0.25) is 9.69 Å². The van der Waals surface area contributed by atoms with E-state index in [0.29, 0.717) is 36.3 Å². The van der Waals surface area contributed by atoms with Crippen molar-refractivity contribution in [3.05, 3.63) is 57.6 Å². The maximum Gasteiger partial charge on any atom is 0.366 e. The minimum atomic E-state index is -0.705.